The summed E-state index contributed by atoms with van der Waals surface area (Å²) < 4.78 is 16.7. The second-order valence-electron chi connectivity index (χ2n) is 2.45. The minimum atomic E-state index is -0.555. The van der Waals surface area contributed by atoms with Gasteiger partial charge in [-0.1, -0.05) is 0 Å². The molecule has 0 saturated carbocycles. The lowest BCUT2D eigenvalue weighted by molar-refractivity contribution is 0.112. The Balaban J connectivity index is 2.80. The molecule has 4 heteroatoms. The highest BCUT2D eigenvalue weighted by Gasteiger charge is 2.00. The summed E-state index contributed by atoms with van der Waals surface area (Å²) >= 11 is 0. The highest BCUT2D eigenvalue weighted by Crippen LogP contribution is 2.17. The van der Waals surface area contributed by atoms with Gasteiger partial charge in [0.1, 0.15) is 19.0 Å². The third-order valence-corrected chi connectivity index (χ3v) is 1.53. The monoisotopic (exact) mass is 183 g/mol. The summed E-state index contributed by atoms with van der Waals surface area (Å²) in [6, 6.07) is 4.63. The molecule has 70 valence electrons. The van der Waals surface area contributed by atoms with E-state index in [1.54, 1.807) is 12.1 Å². The smallest absolute Gasteiger partial charge is 0.152 e. The first-order valence-electron chi connectivity index (χ1n) is 3.81. The highest BCUT2D eigenvalue weighted by molar-refractivity contribution is 5.83. The molecule has 13 heavy (non-hydrogen) atoms. The van der Waals surface area contributed by atoms with Crippen molar-refractivity contribution in [3.63, 3.8) is 0 Å². The van der Waals surface area contributed by atoms with E-state index in [1.807, 2.05) is 0 Å². The zero-order valence-electron chi connectivity index (χ0n) is 7.00. The van der Waals surface area contributed by atoms with Crippen LogP contribution >= 0.6 is 0 Å². The largest absolute Gasteiger partial charge is 0.491 e. The number of aldehydes is 1. The van der Waals surface area contributed by atoms with E-state index >= 15 is 0 Å². The molecule has 0 saturated heterocycles. The van der Waals surface area contributed by atoms with Gasteiger partial charge in [-0.3, -0.25) is 4.79 Å². The molecule has 1 aromatic rings. The van der Waals surface area contributed by atoms with Crippen LogP contribution in [-0.2, 0) is 0 Å². The molecule has 0 amide bonds. The minimum Gasteiger partial charge on any atom is -0.491 e. The molecule has 1 rings (SSSR count). The van der Waals surface area contributed by atoms with Crippen LogP contribution in [0.3, 0.4) is 0 Å². The fourth-order valence-corrected chi connectivity index (χ4v) is 0.901. The van der Waals surface area contributed by atoms with Gasteiger partial charge in [-0.15, -0.1) is 0 Å². The summed E-state index contributed by atoms with van der Waals surface area (Å²) in [6.45, 7) is -0.566. The zero-order valence-corrected chi connectivity index (χ0v) is 7.00. The number of benzene rings is 1. The number of carbonyl (C=O) groups excluding carboxylic acids is 1. The van der Waals surface area contributed by atoms with Gasteiger partial charge in [0.15, 0.2) is 6.29 Å². The van der Waals surface area contributed by atoms with E-state index in [0.29, 0.717) is 23.3 Å². The van der Waals surface area contributed by atoms with E-state index < -0.39 is 6.67 Å². The fourth-order valence-electron chi connectivity index (χ4n) is 0.901. The van der Waals surface area contributed by atoms with Gasteiger partial charge in [0.05, 0.1) is 0 Å². The zero-order chi connectivity index (χ0) is 9.68. The molecule has 1 aromatic carbocycles. The van der Waals surface area contributed by atoms with Crippen molar-refractivity contribution in [1.82, 2.24) is 0 Å². The Bertz CT molecular complexity index is 302. The molecule has 2 N–H and O–H groups in total. The lowest BCUT2D eigenvalue weighted by Gasteiger charge is -2.05. The predicted molar refractivity (Wildman–Crippen MR) is 47.7 cm³/mol. The molecule has 0 aliphatic heterocycles. The molecular weight excluding hydrogens is 173 g/mol. The highest BCUT2D eigenvalue weighted by atomic mass is 19.1. The summed E-state index contributed by atoms with van der Waals surface area (Å²) in [4.78, 5) is 10.4. The Kier molecular flexibility index (Phi) is 3.25. The number of alkyl halides is 1. The van der Waals surface area contributed by atoms with Crippen molar-refractivity contribution in [2.45, 2.75) is 0 Å². The summed E-state index contributed by atoms with van der Waals surface area (Å²) in [6.07, 6.45) is 0.637. The van der Waals surface area contributed by atoms with Gasteiger partial charge in [0.2, 0.25) is 0 Å². The maximum Gasteiger partial charge on any atom is 0.152 e. The van der Waals surface area contributed by atoms with Crippen molar-refractivity contribution in [3.8, 4) is 5.75 Å². The van der Waals surface area contributed by atoms with Gasteiger partial charge in [0, 0.05) is 11.3 Å². The van der Waals surface area contributed by atoms with Crippen LogP contribution in [-0.4, -0.2) is 19.6 Å². The lowest BCUT2D eigenvalue weighted by atomic mass is 10.2. The average Bonchev–Trinajstić information content (AvgIpc) is 2.16. The molecule has 0 radical (unpaired) electrons. The Morgan fingerprint density at radius 2 is 2.31 bits per heavy atom. The summed E-state index contributed by atoms with van der Waals surface area (Å²) in [5, 5.41) is 0. The number of carbonyl (C=O) groups is 1. The van der Waals surface area contributed by atoms with Crippen LogP contribution in [0.4, 0.5) is 10.1 Å². The average molecular weight is 183 g/mol. The third kappa shape index (κ3) is 2.43. The number of rotatable bonds is 4. The van der Waals surface area contributed by atoms with E-state index in [-0.39, 0.29) is 6.61 Å². The molecular formula is C9H10FNO2. The standard InChI is InChI=1S/C9H10FNO2/c10-3-4-13-8-1-2-9(11)7(5-8)6-12/h1-2,5-6H,3-4,11H2. The first-order valence-corrected chi connectivity index (χ1v) is 3.81. The van der Waals surface area contributed by atoms with Crippen LogP contribution in [0.15, 0.2) is 18.2 Å². The molecule has 0 atom stereocenters. The van der Waals surface area contributed by atoms with Crippen LogP contribution < -0.4 is 10.5 Å². The predicted octanol–water partition coefficient (Wildman–Crippen LogP) is 1.43. The van der Waals surface area contributed by atoms with Gasteiger partial charge in [0.25, 0.3) is 0 Å². The maximum absolute atomic E-state index is 11.7. The van der Waals surface area contributed by atoms with Gasteiger partial charge in [-0.25, -0.2) is 4.39 Å². The molecule has 0 aliphatic carbocycles. The first kappa shape index (κ1) is 9.51. The molecule has 0 aliphatic rings. The maximum atomic E-state index is 11.7. The Labute approximate surface area is 75.3 Å². The SMILES string of the molecule is Nc1ccc(OCCF)cc1C=O. The number of nitrogens with two attached hydrogens (primary N) is 1. The van der Waals surface area contributed by atoms with E-state index in [0.717, 1.165) is 0 Å². The minimum absolute atomic E-state index is 0.0117. The second kappa shape index (κ2) is 4.45. The lowest BCUT2D eigenvalue weighted by Crippen LogP contribution is -2.00. The topological polar surface area (TPSA) is 52.3 Å². The Hall–Kier alpha value is -1.58. The van der Waals surface area contributed by atoms with Crippen LogP contribution in [0.1, 0.15) is 10.4 Å². The van der Waals surface area contributed by atoms with E-state index in [4.69, 9.17) is 10.5 Å². The summed E-state index contributed by atoms with van der Waals surface area (Å²) in [5.41, 5.74) is 6.22. The molecule has 0 aromatic heterocycles. The van der Waals surface area contributed by atoms with Crippen molar-refractivity contribution >= 4 is 12.0 Å². The fraction of sp³-hybridized carbons (Fsp3) is 0.222. The number of ether oxygens (including phenoxy) is 1. The van der Waals surface area contributed by atoms with Crippen molar-refractivity contribution in [2.24, 2.45) is 0 Å². The Morgan fingerprint density at radius 1 is 1.54 bits per heavy atom. The van der Waals surface area contributed by atoms with Crippen LogP contribution in [0, 0.1) is 0 Å². The van der Waals surface area contributed by atoms with Gasteiger partial charge < -0.3 is 10.5 Å². The van der Waals surface area contributed by atoms with Crippen molar-refractivity contribution in [1.29, 1.82) is 0 Å². The third-order valence-electron chi connectivity index (χ3n) is 1.53. The molecule has 0 fully saturated rings. The first-order chi connectivity index (χ1) is 6.27. The number of anilines is 1. The second-order valence-corrected chi connectivity index (χ2v) is 2.45. The number of hydrogen-bond donors (Lipinski definition) is 1. The van der Waals surface area contributed by atoms with Gasteiger partial charge in [-0.2, -0.15) is 0 Å². The van der Waals surface area contributed by atoms with Gasteiger partial charge in [-0.05, 0) is 18.2 Å². The van der Waals surface area contributed by atoms with Crippen molar-refractivity contribution in [3.05, 3.63) is 23.8 Å². The number of halogens is 1. The van der Waals surface area contributed by atoms with Crippen molar-refractivity contribution in [2.75, 3.05) is 19.0 Å². The van der Waals surface area contributed by atoms with Crippen LogP contribution in [0.25, 0.3) is 0 Å². The van der Waals surface area contributed by atoms with E-state index in [2.05, 4.69) is 0 Å². The van der Waals surface area contributed by atoms with E-state index in [1.165, 1.54) is 6.07 Å². The number of hydrogen-bond acceptors (Lipinski definition) is 3. The normalized spacial score (nSPS) is 9.62. The molecule has 0 bridgehead atoms. The number of nitrogen functional groups attached to an aromatic ring is 1. The van der Waals surface area contributed by atoms with Gasteiger partial charge >= 0.3 is 0 Å². The molecule has 0 unspecified atom stereocenters. The van der Waals surface area contributed by atoms with E-state index in [9.17, 15) is 9.18 Å². The summed E-state index contributed by atoms with van der Waals surface area (Å²) in [7, 11) is 0. The Morgan fingerprint density at radius 3 is 2.92 bits per heavy atom. The summed E-state index contributed by atoms with van der Waals surface area (Å²) in [5.74, 6) is 0.453. The van der Waals surface area contributed by atoms with Crippen LogP contribution in [0.2, 0.25) is 0 Å². The van der Waals surface area contributed by atoms with Crippen LogP contribution in [0.5, 0.6) is 5.75 Å². The van der Waals surface area contributed by atoms with Crippen molar-refractivity contribution < 1.29 is 13.9 Å². The molecule has 0 heterocycles. The quantitative estimate of drug-likeness (QED) is 0.567. The molecule has 0 spiro atoms. The molecule has 3 nitrogen and oxygen atoms in total.